The zero-order valence-electron chi connectivity index (χ0n) is 11.6. The molecule has 0 bridgehead atoms. The summed E-state index contributed by atoms with van der Waals surface area (Å²) in [4.78, 5) is 11.7. The van der Waals surface area contributed by atoms with Crippen molar-refractivity contribution < 1.29 is 9.32 Å². The lowest BCUT2D eigenvalue weighted by molar-refractivity contribution is -0.121. The maximum absolute atomic E-state index is 11.7. The van der Waals surface area contributed by atoms with Gasteiger partial charge in [0.05, 0.1) is 6.54 Å². The molecule has 1 rings (SSSR count). The number of hydrogen-bond acceptors (Lipinski definition) is 4. The summed E-state index contributed by atoms with van der Waals surface area (Å²) in [6.45, 7) is 8.55. The molecule has 102 valence electrons. The fourth-order valence-electron chi connectivity index (χ4n) is 1.86. The second-order valence-corrected chi connectivity index (χ2v) is 5.93. The second-order valence-electron chi connectivity index (χ2n) is 5.93. The van der Waals surface area contributed by atoms with E-state index in [9.17, 15) is 4.79 Å². The molecule has 1 aromatic rings. The van der Waals surface area contributed by atoms with Gasteiger partial charge < -0.3 is 15.6 Å². The predicted molar refractivity (Wildman–Crippen MR) is 69.8 cm³/mol. The fraction of sp³-hybridized carbons (Fsp3) is 0.692. The Balaban J connectivity index is 2.29. The summed E-state index contributed by atoms with van der Waals surface area (Å²) in [6.07, 6.45) is 1.16. The van der Waals surface area contributed by atoms with Crippen LogP contribution in [-0.4, -0.2) is 17.1 Å². The lowest BCUT2D eigenvalue weighted by Crippen LogP contribution is -2.34. The van der Waals surface area contributed by atoms with Crippen LogP contribution < -0.4 is 11.1 Å². The van der Waals surface area contributed by atoms with Crippen LogP contribution in [0.1, 0.15) is 45.1 Å². The van der Waals surface area contributed by atoms with Crippen molar-refractivity contribution >= 4 is 5.91 Å². The van der Waals surface area contributed by atoms with Crippen LogP contribution >= 0.6 is 0 Å². The molecule has 0 aliphatic heterocycles. The molecule has 0 aromatic carbocycles. The molecule has 5 nitrogen and oxygen atoms in total. The van der Waals surface area contributed by atoms with Gasteiger partial charge in [-0.3, -0.25) is 4.79 Å². The number of nitrogens with zero attached hydrogens (tertiary/aromatic N) is 1. The van der Waals surface area contributed by atoms with Crippen LogP contribution in [-0.2, 0) is 11.3 Å². The SMILES string of the molecule is Cc1cc(CNC(=O)CC(N)CC(C)(C)C)no1. The molecule has 0 aliphatic carbocycles. The molecule has 0 fully saturated rings. The van der Waals surface area contributed by atoms with Crippen molar-refractivity contribution in [2.24, 2.45) is 11.1 Å². The van der Waals surface area contributed by atoms with Crippen LogP contribution in [0.25, 0.3) is 0 Å². The minimum atomic E-state index is -0.107. The molecule has 1 heterocycles. The van der Waals surface area contributed by atoms with E-state index in [-0.39, 0.29) is 17.4 Å². The Morgan fingerprint density at radius 1 is 1.56 bits per heavy atom. The van der Waals surface area contributed by atoms with Gasteiger partial charge in [-0.1, -0.05) is 25.9 Å². The normalized spacial score (nSPS) is 13.4. The van der Waals surface area contributed by atoms with E-state index in [1.807, 2.05) is 6.92 Å². The summed E-state index contributed by atoms with van der Waals surface area (Å²) in [7, 11) is 0. The van der Waals surface area contributed by atoms with Crippen molar-refractivity contribution in [2.45, 2.75) is 53.1 Å². The number of carbonyl (C=O) groups is 1. The molecule has 1 unspecified atom stereocenters. The van der Waals surface area contributed by atoms with Crippen LogP contribution in [0.15, 0.2) is 10.6 Å². The smallest absolute Gasteiger partial charge is 0.221 e. The molecule has 1 amide bonds. The summed E-state index contributed by atoms with van der Waals surface area (Å²) in [5.41, 5.74) is 6.81. The van der Waals surface area contributed by atoms with Gasteiger partial charge in [0.2, 0.25) is 5.91 Å². The summed E-state index contributed by atoms with van der Waals surface area (Å²) in [5, 5.41) is 6.59. The third-order valence-electron chi connectivity index (χ3n) is 2.47. The Hall–Kier alpha value is -1.36. The molecular formula is C13H23N3O2. The first-order valence-corrected chi connectivity index (χ1v) is 6.21. The number of carbonyl (C=O) groups excluding carboxylic acids is 1. The van der Waals surface area contributed by atoms with Crippen molar-refractivity contribution in [1.29, 1.82) is 0 Å². The van der Waals surface area contributed by atoms with E-state index in [1.54, 1.807) is 6.07 Å². The van der Waals surface area contributed by atoms with E-state index in [0.29, 0.717) is 13.0 Å². The van der Waals surface area contributed by atoms with Gasteiger partial charge in [-0.25, -0.2) is 0 Å². The van der Waals surface area contributed by atoms with E-state index in [2.05, 4.69) is 31.2 Å². The summed E-state index contributed by atoms with van der Waals surface area (Å²) < 4.78 is 4.92. The molecule has 18 heavy (non-hydrogen) atoms. The highest BCUT2D eigenvalue weighted by molar-refractivity contribution is 5.76. The number of aryl methyl sites for hydroxylation is 1. The molecule has 0 spiro atoms. The standard InChI is InChI=1S/C13H23N3O2/c1-9-5-11(16-18-9)8-15-12(17)6-10(14)7-13(2,3)4/h5,10H,6-8,14H2,1-4H3,(H,15,17). The molecule has 0 saturated heterocycles. The van der Waals surface area contributed by atoms with Gasteiger partial charge in [-0.2, -0.15) is 0 Å². The summed E-state index contributed by atoms with van der Waals surface area (Å²) in [6, 6.07) is 1.69. The highest BCUT2D eigenvalue weighted by Gasteiger charge is 2.18. The highest BCUT2D eigenvalue weighted by atomic mass is 16.5. The maximum atomic E-state index is 11.7. The molecule has 3 N–H and O–H groups in total. The molecular weight excluding hydrogens is 230 g/mol. The van der Waals surface area contributed by atoms with Crippen LogP contribution in [0.2, 0.25) is 0 Å². The zero-order chi connectivity index (χ0) is 13.8. The Morgan fingerprint density at radius 3 is 2.72 bits per heavy atom. The third kappa shape index (κ3) is 5.82. The maximum Gasteiger partial charge on any atom is 0.221 e. The van der Waals surface area contributed by atoms with Crippen LogP contribution in [0.5, 0.6) is 0 Å². The van der Waals surface area contributed by atoms with Gasteiger partial charge in [0.25, 0.3) is 0 Å². The van der Waals surface area contributed by atoms with E-state index in [0.717, 1.165) is 17.9 Å². The Morgan fingerprint density at radius 2 is 2.22 bits per heavy atom. The molecule has 5 heteroatoms. The quantitative estimate of drug-likeness (QED) is 0.837. The molecule has 0 aliphatic rings. The van der Waals surface area contributed by atoms with Crippen molar-refractivity contribution in [3.05, 3.63) is 17.5 Å². The van der Waals surface area contributed by atoms with E-state index in [1.165, 1.54) is 0 Å². The van der Waals surface area contributed by atoms with Crippen LogP contribution in [0.4, 0.5) is 0 Å². The number of amides is 1. The largest absolute Gasteiger partial charge is 0.361 e. The number of nitrogens with two attached hydrogens (primary N) is 1. The first kappa shape index (κ1) is 14.7. The number of hydrogen-bond donors (Lipinski definition) is 2. The first-order chi connectivity index (χ1) is 8.26. The van der Waals surface area contributed by atoms with Crippen molar-refractivity contribution in [1.82, 2.24) is 10.5 Å². The van der Waals surface area contributed by atoms with E-state index < -0.39 is 0 Å². The monoisotopic (exact) mass is 253 g/mol. The second kappa shape index (κ2) is 6.00. The number of aromatic nitrogens is 1. The molecule has 0 saturated carbocycles. The number of rotatable bonds is 5. The average Bonchev–Trinajstić information content (AvgIpc) is 2.58. The Labute approximate surface area is 108 Å². The third-order valence-corrected chi connectivity index (χ3v) is 2.47. The Bertz CT molecular complexity index is 393. The van der Waals surface area contributed by atoms with Gasteiger partial charge in [0.1, 0.15) is 11.5 Å². The van der Waals surface area contributed by atoms with E-state index >= 15 is 0 Å². The average molecular weight is 253 g/mol. The van der Waals surface area contributed by atoms with Crippen molar-refractivity contribution in [2.75, 3.05) is 0 Å². The van der Waals surface area contributed by atoms with Crippen molar-refractivity contribution in [3.63, 3.8) is 0 Å². The van der Waals surface area contributed by atoms with Gasteiger partial charge in [-0.15, -0.1) is 0 Å². The molecule has 1 atom stereocenters. The summed E-state index contributed by atoms with van der Waals surface area (Å²) in [5.74, 6) is 0.691. The van der Waals surface area contributed by atoms with Crippen LogP contribution in [0.3, 0.4) is 0 Å². The fourth-order valence-corrected chi connectivity index (χ4v) is 1.86. The lowest BCUT2D eigenvalue weighted by Gasteiger charge is -2.22. The Kier molecular flexibility index (Phi) is 4.90. The van der Waals surface area contributed by atoms with E-state index in [4.69, 9.17) is 10.3 Å². The topological polar surface area (TPSA) is 81.2 Å². The lowest BCUT2D eigenvalue weighted by atomic mass is 9.87. The first-order valence-electron chi connectivity index (χ1n) is 6.21. The van der Waals surface area contributed by atoms with Gasteiger partial charge >= 0.3 is 0 Å². The zero-order valence-corrected chi connectivity index (χ0v) is 11.6. The van der Waals surface area contributed by atoms with Gasteiger partial charge in [-0.05, 0) is 18.8 Å². The highest BCUT2D eigenvalue weighted by Crippen LogP contribution is 2.20. The molecule has 0 radical (unpaired) electrons. The van der Waals surface area contributed by atoms with Gasteiger partial charge in [0.15, 0.2) is 0 Å². The van der Waals surface area contributed by atoms with Gasteiger partial charge in [0, 0.05) is 18.5 Å². The number of nitrogens with one attached hydrogen (secondary N) is 1. The minimum absolute atomic E-state index is 0.0487. The van der Waals surface area contributed by atoms with Crippen molar-refractivity contribution in [3.8, 4) is 0 Å². The predicted octanol–water partition coefficient (Wildman–Crippen LogP) is 1.75. The molecule has 1 aromatic heterocycles. The summed E-state index contributed by atoms with van der Waals surface area (Å²) >= 11 is 0. The van der Waals surface area contributed by atoms with Crippen LogP contribution in [0, 0.1) is 12.3 Å². The minimum Gasteiger partial charge on any atom is -0.361 e.